The van der Waals surface area contributed by atoms with E-state index in [1.165, 1.54) is 57.8 Å². The molecule has 0 saturated heterocycles. The predicted octanol–water partition coefficient (Wildman–Crippen LogP) is 17.0. The Hall–Kier alpha value is -3.33. The van der Waals surface area contributed by atoms with Gasteiger partial charge in [0.05, 0.1) is 33.8 Å². The second-order valence-electron chi connectivity index (χ2n) is 19.8. The van der Waals surface area contributed by atoms with Crippen molar-refractivity contribution in [3.63, 3.8) is 0 Å². The third-order valence-corrected chi connectivity index (χ3v) is 12.8. The first-order chi connectivity index (χ1) is 34.4. The summed E-state index contributed by atoms with van der Waals surface area (Å²) in [6.07, 6.45) is 68.0. The van der Waals surface area contributed by atoms with Crippen molar-refractivity contribution in [3.8, 4) is 0 Å². The molecule has 0 aliphatic rings. The van der Waals surface area contributed by atoms with Crippen LogP contribution in [0.25, 0.3) is 0 Å². The molecule has 0 bridgehead atoms. The fraction of sp³-hybridized carbons (Fsp3) is 0.672. The highest BCUT2D eigenvalue weighted by atomic mass is 31.2. The van der Waals surface area contributed by atoms with Crippen molar-refractivity contribution in [1.82, 2.24) is 5.32 Å². The van der Waals surface area contributed by atoms with Gasteiger partial charge in [0.15, 0.2) is 0 Å². The van der Waals surface area contributed by atoms with Crippen LogP contribution in [0.5, 0.6) is 0 Å². The van der Waals surface area contributed by atoms with Gasteiger partial charge in [0, 0.05) is 12.8 Å². The smallest absolute Gasteiger partial charge is 0.456 e. The monoisotopic (exact) mass is 1010 g/mol. The molecule has 0 aromatic heterocycles. The Bertz CT molecular complexity index is 1580. The molecule has 71 heavy (non-hydrogen) atoms. The molecule has 3 unspecified atom stereocenters. The summed E-state index contributed by atoms with van der Waals surface area (Å²) in [5.41, 5.74) is 0. The second kappa shape index (κ2) is 50.2. The van der Waals surface area contributed by atoms with Crippen molar-refractivity contribution in [2.24, 2.45) is 0 Å². The van der Waals surface area contributed by atoms with Crippen LogP contribution in [-0.2, 0) is 27.9 Å². The molecular weight excluding hydrogens is 904 g/mol. The number of phosphoric ester groups is 1. The van der Waals surface area contributed by atoms with E-state index in [0.717, 1.165) is 109 Å². The Kier molecular flexibility index (Phi) is 47.9. The maximum atomic E-state index is 13.5. The topological polar surface area (TPSA) is 111 Å². The molecule has 2 N–H and O–H groups in total. The van der Waals surface area contributed by atoms with Crippen LogP contribution in [-0.4, -0.2) is 74.3 Å². The number of unbranched alkanes of at least 4 members (excludes halogenated alkanes) is 19. The summed E-state index contributed by atoms with van der Waals surface area (Å²) >= 11 is 0. The molecule has 0 rings (SSSR count). The Morgan fingerprint density at radius 1 is 0.521 bits per heavy atom. The van der Waals surface area contributed by atoms with Gasteiger partial charge in [0.1, 0.15) is 19.3 Å². The van der Waals surface area contributed by atoms with Crippen LogP contribution in [0.2, 0.25) is 0 Å². The lowest BCUT2D eigenvalue weighted by Gasteiger charge is -2.27. The van der Waals surface area contributed by atoms with E-state index in [-0.39, 0.29) is 37.9 Å². The van der Waals surface area contributed by atoms with E-state index in [1.807, 2.05) is 39.4 Å². The number of hydrogen-bond acceptors (Lipinski definition) is 6. The van der Waals surface area contributed by atoms with Crippen LogP contribution in [0.15, 0.2) is 109 Å². The van der Waals surface area contributed by atoms with E-state index < -0.39 is 20.0 Å². The Morgan fingerprint density at radius 3 is 1.52 bits per heavy atom. The number of likely N-dealkylation sites (N-methyl/N-ethyl adjacent to an activating group) is 1. The quantitative estimate of drug-likeness (QED) is 0.0156. The molecule has 9 nitrogen and oxygen atoms in total. The summed E-state index contributed by atoms with van der Waals surface area (Å²) < 4.78 is 30.6. The van der Waals surface area contributed by atoms with E-state index in [2.05, 4.69) is 117 Å². The first-order valence-corrected chi connectivity index (χ1v) is 29.7. The van der Waals surface area contributed by atoms with Gasteiger partial charge in [-0.2, -0.15) is 0 Å². The summed E-state index contributed by atoms with van der Waals surface area (Å²) in [5, 5.41) is 3.02. The van der Waals surface area contributed by atoms with Crippen LogP contribution >= 0.6 is 7.82 Å². The average Bonchev–Trinajstić information content (AvgIpc) is 3.33. The molecule has 0 aliphatic carbocycles. The van der Waals surface area contributed by atoms with Gasteiger partial charge >= 0.3 is 13.8 Å². The molecule has 0 aromatic carbocycles. The second-order valence-corrected chi connectivity index (χ2v) is 21.2. The molecule has 3 atom stereocenters. The lowest BCUT2D eigenvalue weighted by atomic mass is 10.0. The summed E-state index contributed by atoms with van der Waals surface area (Å²) in [6.45, 7) is 6.70. The predicted molar refractivity (Wildman–Crippen MR) is 304 cm³/mol. The molecule has 0 aliphatic heterocycles. The van der Waals surface area contributed by atoms with Crippen molar-refractivity contribution in [3.05, 3.63) is 109 Å². The molecule has 1 amide bonds. The Morgan fingerprint density at radius 2 is 0.972 bits per heavy atom. The standard InChI is InChI=1S/C61H105N2O7P/c1-7-10-13-16-19-22-25-28-29-30-31-32-33-36-38-41-44-47-50-53-60(64)62-58(57-69-71(66,67)68-56-55-63(4,5)6)59(52-49-46-43-40-37-34-26-23-20-17-14-11-8-2)70-61(65)54-51-48-45-42-39-35-27-24-21-18-15-12-9-3/h10,12-13,15,18-19,21-22,24,27-29,31-32,36,38,49,52,58-59H,7-9,11,14,16-17,20,23,25-26,30,33-35,37,39-48,50-51,53-57H2,1-6H3,(H-,62,64,66,67)/p+1/b13-10-,15-12+,21-18+,22-19-,27-24-,29-28-,32-31-,38-36-,52-49-. The molecule has 0 spiro atoms. The summed E-state index contributed by atoms with van der Waals surface area (Å²) in [6, 6.07) is -0.880. The van der Waals surface area contributed by atoms with E-state index in [9.17, 15) is 19.0 Å². The number of esters is 1. The Balaban J connectivity index is 5.46. The third kappa shape index (κ3) is 51.4. The van der Waals surface area contributed by atoms with E-state index in [0.29, 0.717) is 23.9 Å². The van der Waals surface area contributed by atoms with Gasteiger partial charge in [-0.3, -0.25) is 18.6 Å². The minimum absolute atomic E-state index is 0.0240. The first-order valence-electron chi connectivity index (χ1n) is 28.2. The zero-order valence-electron chi connectivity index (χ0n) is 46.2. The van der Waals surface area contributed by atoms with Crippen LogP contribution in [0, 0.1) is 0 Å². The molecule has 0 aromatic rings. The molecule has 406 valence electrons. The highest BCUT2D eigenvalue weighted by Crippen LogP contribution is 2.43. The van der Waals surface area contributed by atoms with E-state index in [4.69, 9.17) is 13.8 Å². The molecule has 0 fully saturated rings. The third-order valence-electron chi connectivity index (χ3n) is 11.8. The average molecular weight is 1010 g/mol. The number of allylic oxidation sites excluding steroid dienone is 17. The van der Waals surface area contributed by atoms with E-state index >= 15 is 0 Å². The number of rotatable bonds is 49. The van der Waals surface area contributed by atoms with Gasteiger partial charge < -0.3 is 19.4 Å². The number of nitrogens with zero attached hydrogens (tertiary/aromatic N) is 1. The number of quaternary nitrogens is 1. The summed E-state index contributed by atoms with van der Waals surface area (Å²) in [7, 11) is 1.44. The molecular formula is C61H106N2O7P+. The van der Waals surface area contributed by atoms with Crippen LogP contribution < -0.4 is 5.32 Å². The molecule has 10 heteroatoms. The van der Waals surface area contributed by atoms with Crippen molar-refractivity contribution >= 4 is 19.7 Å². The first kappa shape index (κ1) is 67.7. The van der Waals surface area contributed by atoms with Gasteiger partial charge in [-0.25, -0.2) is 4.57 Å². The fourth-order valence-corrected chi connectivity index (χ4v) is 8.17. The molecule has 0 radical (unpaired) electrons. The number of carbonyl (C=O) groups excluding carboxylic acids is 2. The van der Waals surface area contributed by atoms with Crippen molar-refractivity contribution in [1.29, 1.82) is 0 Å². The minimum Gasteiger partial charge on any atom is -0.456 e. The van der Waals surface area contributed by atoms with Crippen LogP contribution in [0.1, 0.15) is 213 Å². The highest BCUT2D eigenvalue weighted by Gasteiger charge is 2.30. The van der Waals surface area contributed by atoms with Crippen LogP contribution in [0.3, 0.4) is 0 Å². The summed E-state index contributed by atoms with van der Waals surface area (Å²) in [5.74, 6) is -0.576. The lowest BCUT2D eigenvalue weighted by molar-refractivity contribution is -0.870. The van der Waals surface area contributed by atoms with Gasteiger partial charge in [-0.05, 0) is 96.0 Å². The summed E-state index contributed by atoms with van der Waals surface area (Å²) in [4.78, 5) is 37.6. The number of phosphoric acid groups is 1. The fourth-order valence-electron chi connectivity index (χ4n) is 7.44. The largest absolute Gasteiger partial charge is 0.472 e. The van der Waals surface area contributed by atoms with Gasteiger partial charge in [0.2, 0.25) is 5.91 Å². The lowest BCUT2D eigenvalue weighted by Crippen LogP contribution is -2.47. The van der Waals surface area contributed by atoms with Gasteiger partial charge in [-0.1, -0.05) is 214 Å². The number of carbonyl (C=O) groups is 2. The van der Waals surface area contributed by atoms with Gasteiger partial charge in [-0.15, -0.1) is 0 Å². The van der Waals surface area contributed by atoms with Crippen LogP contribution in [0.4, 0.5) is 0 Å². The zero-order chi connectivity index (χ0) is 52.2. The maximum Gasteiger partial charge on any atom is 0.472 e. The van der Waals surface area contributed by atoms with Gasteiger partial charge in [0.25, 0.3) is 0 Å². The number of hydrogen-bond donors (Lipinski definition) is 2. The molecule has 0 heterocycles. The Labute approximate surface area is 436 Å². The number of nitrogens with one attached hydrogen (secondary N) is 1. The minimum atomic E-state index is -4.46. The maximum absolute atomic E-state index is 13.5. The SMILES string of the molecule is CC/C=C\C/C=C\C/C=C\C/C=C\C/C=C\CCCCCC(=O)NC(COP(=O)(O)OCC[N+](C)(C)C)C(/C=C\CCCCCCCCCCCCC)OC(=O)CCCCCCC\C=C/C=C/C=C/CC. The normalized spacial score (nSPS) is 14.6. The number of amides is 1. The zero-order valence-corrected chi connectivity index (χ0v) is 47.1. The van der Waals surface area contributed by atoms with Crippen molar-refractivity contribution < 1.29 is 37.3 Å². The highest BCUT2D eigenvalue weighted by molar-refractivity contribution is 7.47. The molecule has 0 saturated carbocycles. The van der Waals surface area contributed by atoms with Crippen molar-refractivity contribution in [2.75, 3.05) is 40.9 Å². The van der Waals surface area contributed by atoms with Crippen molar-refractivity contribution in [2.45, 2.75) is 226 Å². The van der Waals surface area contributed by atoms with E-state index in [1.54, 1.807) is 0 Å². The number of ether oxygens (including phenoxy) is 1.